The van der Waals surface area contributed by atoms with E-state index >= 15 is 0 Å². The molecule has 0 radical (unpaired) electrons. The van der Waals surface area contributed by atoms with E-state index in [1.165, 1.54) is 5.57 Å². The van der Waals surface area contributed by atoms with Gasteiger partial charge in [-0.15, -0.1) is 0 Å². The van der Waals surface area contributed by atoms with E-state index in [9.17, 15) is 9.90 Å². The van der Waals surface area contributed by atoms with Crippen LogP contribution in [0.25, 0.3) is 0 Å². The standard InChI is InChI=1S/C19H28O4/c1-11-7-9-19-15(22-16(20)23-19)14-12(2)6-5-8-18(14,21)10-13(11)17(19,3)4/h12-15,21H,1,5-10H2,2-4H3/t12-,13+,14+,15+,18?,19-/m1/s1. The molecular formula is C19H28O4. The van der Waals surface area contributed by atoms with Crippen LogP contribution in [0.5, 0.6) is 0 Å². The molecular weight excluding hydrogens is 292 g/mol. The van der Waals surface area contributed by atoms with E-state index in [0.717, 1.165) is 32.1 Å². The molecule has 23 heavy (non-hydrogen) atoms. The fourth-order valence-corrected chi connectivity index (χ4v) is 6.31. The molecule has 0 aromatic carbocycles. The fraction of sp³-hybridized carbons (Fsp3) is 0.842. The molecule has 1 aliphatic heterocycles. The monoisotopic (exact) mass is 320 g/mol. The van der Waals surface area contributed by atoms with Crippen LogP contribution in [-0.2, 0) is 9.47 Å². The molecule has 0 amide bonds. The zero-order valence-electron chi connectivity index (χ0n) is 14.4. The molecule has 1 unspecified atom stereocenters. The third-order valence-electron chi connectivity index (χ3n) is 7.61. The lowest BCUT2D eigenvalue weighted by Gasteiger charge is -2.52. The third-order valence-corrected chi connectivity index (χ3v) is 7.61. The number of rotatable bonds is 0. The van der Waals surface area contributed by atoms with E-state index in [0.29, 0.717) is 12.3 Å². The highest BCUT2D eigenvalue weighted by atomic mass is 16.8. The Balaban J connectivity index is 1.92. The van der Waals surface area contributed by atoms with Crippen LogP contribution in [-0.4, -0.2) is 28.6 Å². The molecule has 3 aliphatic carbocycles. The second-order valence-electron chi connectivity index (χ2n) is 8.92. The predicted molar refractivity (Wildman–Crippen MR) is 85.8 cm³/mol. The minimum absolute atomic E-state index is 0.0436. The van der Waals surface area contributed by atoms with E-state index in [2.05, 4.69) is 27.4 Å². The number of hydrogen-bond donors (Lipinski definition) is 1. The SMILES string of the molecule is C=C1CC[C@@]23OC(=O)O[C@H]2[C@@H]2[C@H](C)CCCC2(O)C[C@@H]1C3(C)C. The summed E-state index contributed by atoms with van der Waals surface area (Å²) in [6.07, 6.45) is 4.30. The normalized spacial score (nSPS) is 51.1. The van der Waals surface area contributed by atoms with Crippen LogP contribution in [0.2, 0.25) is 0 Å². The molecule has 4 heteroatoms. The first-order valence-corrected chi connectivity index (χ1v) is 9.01. The van der Waals surface area contributed by atoms with Gasteiger partial charge in [0.1, 0.15) is 0 Å². The highest BCUT2D eigenvalue weighted by Gasteiger charge is 2.72. The molecule has 128 valence electrons. The fourth-order valence-electron chi connectivity index (χ4n) is 6.31. The minimum Gasteiger partial charge on any atom is -0.426 e. The molecule has 3 saturated carbocycles. The molecule has 1 N–H and O–H groups in total. The van der Waals surface area contributed by atoms with E-state index < -0.39 is 17.4 Å². The maximum atomic E-state index is 12.1. The van der Waals surface area contributed by atoms with Crippen molar-refractivity contribution in [3.05, 3.63) is 12.2 Å². The first-order valence-electron chi connectivity index (χ1n) is 9.01. The zero-order valence-corrected chi connectivity index (χ0v) is 14.4. The van der Waals surface area contributed by atoms with Gasteiger partial charge in [-0.2, -0.15) is 0 Å². The van der Waals surface area contributed by atoms with E-state index in [1.54, 1.807) is 0 Å². The van der Waals surface area contributed by atoms with Gasteiger partial charge in [-0.1, -0.05) is 45.8 Å². The number of ether oxygens (including phenoxy) is 2. The molecule has 4 fully saturated rings. The van der Waals surface area contributed by atoms with Crippen LogP contribution >= 0.6 is 0 Å². The van der Waals surface area contributed by atoms with Crippen molar-refractivity contribution in [1.82, 2.24) is 0 Å². The van der Waals surface area contributed by atoms with Crippen molar-refractivity contribution in [2.24, 2.45) is 23.2 Å². The van der Waals surface area contributed by atoms with Crippen molar-refractivity contribution < 1.29 is 19.4 Å². The van der Waals surface area contributed by atoms with Crippen LogP contribution < -0.4 is 0 Å². The van der Waals surface area contributed by atoms with Crippen LogP contribution in [0.3, 0.4) is 0 Å². The lowest BCUT2D eigenvalue weighted by Crippen LogP contribution is -2.60. The van der Waals surface area contributed by atoms with Gasteiger partial charge < -0.3 is 14.6 Å². The summed E-state index contributed by atoms with van der Waals surface area (Å²) in [4.78, 5) is 12.1. The van der Waals surface area contributed by atoms with Gasteiger partial charge in [-0.3, -0.25) is 0 Å². The number of hydrogen-bond acceptors (Lipinski definition) is 4. The van der Waals surface area contributed by atoms with Gasteiger partial charge in [-0.25, -0.2) is 4.79 Å². The molecule has 4 rings (SSSR count). The summed E-state index contributed by atoms with van der Waals surface area (Å²) in [6, 6.07) is 0. The number of carbonyl (C=O) groups is 1. The van der Waals surface area contributed by atoms with Crippen molar-refractivity contribution in [3.8, 4) is 0 Å². The molecule has 1 saturated heterocycles. The van der Waals surface area contributed by atoms with Crippen LogP contribution in [0.4, 0.5) is 4.79 Å². The van der Waals surface area contributed by atoms with Crippen LogP contribution in [0.15, 0.2) is 12.2 Å². The zero-order chi connectivity index (χ0) is 16.6. The van der Waals surface area contributed by atoms with Crippen LogP contribution in [0.1, 0.15) is 59.3 Å². The summed E-state index contributed by atoms with van der Waals surface area (Å²) in [5.74, 6) is 0.444. The molecule has 4 nitrogen and oxygen atoms in total. The second kappa shape index (κ2) is 4.53. The van der Waals surface area contributed by atoms with Crippen molar-refractivity contribution >= 4 is 6.16 Å². The number of carbonyl (C=O) groups excluding carboxylic acids is 1. The Morgan fingerprint density at radius 3 is 2.78 bits per heavy atom. The highest BCUT2D eigenvalue weighted by Crippen LogP contribution is 2.64. The van der Waals surface area contributed by atoms with Gasteiger partial charge in [0, 0.05) is 11.3 Å². The average molecular weight is 320 g/mol. The van der Waals surface area contributed by atoms with E-state index in [1.807, 2.05) is 0 Å². The lowest BCUT2D eigenvalue weighted by atomic mass is 9.56. The molecule has 1 heterocycles. The van der Waals surface area contributed by atoms with Crippen molar-refractivity contribution in [2.45, 2.75) is 76.6 Å². The molecule has 1 spiro atoms. The topological polar surface area (TPSA) is 55.8 Å². The third kappa shape index (κ3) is 1.79. The number of fused-ring (bicyclic) bond motifs is 3. The minimum atomic E-state index is -0.784. The van der Waals surface area contributed by atoms with Crippen molar-refractivity contribution in [1.29, 1.82) is 0 Å². The smallest absolute Gasteiger partial charge is 0.426 e. The lowest BCUT2D eigenvalue weighted by molar-refractivity contribution is -0.142. The highest BCUT2D eigenvalue weighted by molar-refractivity contribution is 5.64. The summed E-state index contributed by atoms with van der Waals surface area (Å²) in [5.41, 5.74) is -0.495. The molecule has 2 bridgehead atoms. The Bertz CT molecular complexity index is 568. The molecule has 6 atom stereocenters. The van der Waals surface area contributed by atoms with Gasteiger partial charge in [-0.05, 0) is 37.5 Å². The van der Waals surface area contributed by atoms with E-state index in [4.69, 9.17) is 9.47 Å². The number of aliphatic hydroxyl groups is 1. The summed E-state index contributed by atoms with van der Waals surface area (Å²) >= 11 is 0. The Morgan fingerprint density at radius 2 is 2.04 bits per heavy atom. The molecule has 4 aliphatic rings. The Hall–Kier alpha value is -1.03. The molecule has 0 aromatic rings. The quantitative estimate of drug-likeness (QED) is 0.544. The van der Waals surface area contributed by atoms with Gasteiger partial charge in [0.15, 0.2) is 11.7 Å². The van der Waals surface area contributed by atoms with E-state index in [-0.39, 0.29) is 23.4 Å². The first-order chi connectivity index (χ1) is 10.7. The summed E-state index contributed by atoms with van der Waals surface area (Å²) in [7, 11) is 0. The van der Waals surface area contributed by atoms with Gasteiger partial charge in [0.2, 0.25) is 0 Å². The van der Waals surface area contributed by atoms with Gasteiger partial charge >= 0.3 is 6.16 Å². The Kier molecular flexibility index (Phi) is 3.05. The van der Waals surface area contributed by atoms with Crippen LogP contribution in [0, 0.1) is 23.2 Å². The maximum Gasteiger partial charge on any atom is 0.509 e. The summed E-state index contributed by atoms with van der Waals surface area (Å²) in [5, 5.41) is 11.6. The predicted octanol–water partition coefficient (Wildman–Crippen LogP) is 3.82. The maximum absolute atomic E-state index is 12.1. The Morgan fingerprint density at radius 1 is 1.30 bits per heavy atom. The van der Waals surface area contributed by atoms with Crippen molar-refractivity contribution in [3.63, 3.8) is 0 Å². The van der Waals surface area contributed by atoms with Gasteiger partial charge in [0.25, 0.3) is 0 Å². The second-order valence-corrected chi connectivity index (χ2v) is 8.92. The Labute approximate surface area is 138 Å². The largest absolute Gasteiger partial charge is 0.509 e. The van der Waals surface area contributed by atoms with Crippen molar-refractivity contribution in [2.75, 3.05) is 0 Å². The average Bonchev–Trinajstić information content (AvgIpc) is 2.77. The summed E-state index contributed by atoms with van der Waals surface area (Å²) in [6.45, 7) is 10.8. The summed E-state index contributed by atoms with van der Waals surface area (Å²) < 4.78 is 11.6. The van der Waals surface area contributed by atoms with Gasteiger partial charge in [0.05, 0.1) is 5.60 Å². The first kappa shape index (κ1) is 15.5. The number of allylic oxidation sites excluding steroid dienone is 1. The molecule has 0 aromatic heterocycles.